The van der Waals surface area contributed by atoms with Crippen molar-refractivity contribution in [2.24, 2.45) is 11.7 Å². The van der Waals surface area contributed by atoms with E-state index in [0.29, 0.717) is 18.9 Å². The minimum absolute atomic E-state index is 0.00625. The molecule has 3 N–H and O–H groups in total. The van der Waals surface area contributed by atoms with Crippen LogP contribution in [0.15, 0.2) is 10.9 Å². The van der Waals surface area contributed by atoms with E-state index >= 15 is 0 Å². The highest BCUT2D eigenvalue weighted by Crippen LogP contribution is 2.04. The molecule has 1 aromatic rings. The molecule has 15 heavy (non-hydrogen) atoms. The van der Waals surface area contributed by atoms with Crippen LogP contribution in [0.25, 0.3) is 0 Å². The standard InChI is InChI=1S/C9H16N4O2/c1-7(3-2-4-10)9(14)11-5-8-12-6-15-13-8/h6-7H,2-5,10H2,1H3,(H,11,14). The number of carbonyl (C=O) groups excluding carboxylic acids is 1. The maximum absolute atomic E-state index is 11.5. The van der Waals surface area contributed by atoms with E-state index in [0.717, 1.165) is 12.8 Å². The summed E-state index contributed by atoms with van der Waals surface area (Å²) in [5.74, 6) is 0.447. The normalized spacial score (nSPS) is 12.4. The number of rotatable bonds is 6. The second-order valence-electron chi connectivity index (χ2n) is 3.40. The Labute approximate surface area is 88.2 Å². The Bertz CT molecular complexity index is 286. The summed E-state index contributed by atoms with van der Waals surface area (Å²) in [7, 11) is 0. The van der Waals surface area contributed by atoms with Gasteiger partial charge in [0.05, 0.1) is 6.54 Å². The molecule has 84 valence electrons. The highest BCUT2D eigenvalue weighted by Gasteiger charge is 2.12. The molecule has 1 heterocycles. The summed E-state index contributed by atoms with van der Waals surface area (Å²) in [5, 5.41) is 6.32. The number of nitrogens with two attached hydrogens (primary N) is 1. The van der Waals surface area contributed by atoms with Crippen LogP contribution in [0, 0.1) is 5.92 Å². The number of carbonyl (C=O) groups is 1. The van der Waals surface area contributed by atoms with E-state index in [4.69, 9.17) is 5.73 Å². The van der Waals surface area contributed by atoms with Crippen LogP contribution in [-0.2, 0) is 11.3 Å². The molecule has 0 aliphatic carbocycles. The van der Waals surface area contributed by atoms with Crippen molar-refractivity contribution in [1.82, 2.24) is 15.5 Å². The molecule has 0 spiro atoms. The lowest BCUT2D eigenvalue weighted by Gasteiger charge is -2.09. The zero-order chi connectivity index (χ0) is 11.1. The van der Waals surface area contributed by atoms with Crippen molar-refractivity contribution in [3.8, 4) is 0 Å². The monoisotopic (exact) mass is 212 g/mol. The Kier molecular flexibility index (Phi) is 4.76. The van der Waals surface area contributed by atoms with Gasteiger partial charge in [-0.15, -0.1) is 0 Å². The van der Waals surface area contributed by atoms with Gasteiger partial charge < -0.3 is 15.6 Å². The quantitative estimate of drug-likeness (QED) is 0.695. The molecule has 1 atom stereocenters. The summed E-state index contributed by atoms with van der Waals surface area (Å²) in [6, 6.07) is 0. The summed E-state index contributed by atoms with van der Waals surface area (Å²) >= 11 is 0. The molecule has 6 heteroatoms. The molecule has 1 unspecified atom stereocenters. The van der Waals surface area contributed by atoms with Crippen molar-refractivity contribution in [3.63, 3.8) is 0 Å². The fourth-order valence-corrected chi connectivity index (χ4v) is 1.17. The van der Waals surface area contributed by atoms with Crippen molar-refractivity contribution in [2.75, 3.05) is 6.54 Å². The molecule has 6 nitrogen and oxygen atoms in total. The summed E-state index contributed by atoms with van der Waals surface area (Å²) in [6.07, 6.45) is 2.89. The van der Waals surface area contributed by atoms with Gasteiger partial charge in [0, 0.05) is 5.92 Å². The number of aromatic nitrogens is 2. The maximum Gasteiger partial charge on any atom is 0.223 e. The van der Waals surface area contributed by atoms with Gasteiger partial charge in [0.15, 0.2) is 5.82 Å². The van der Waals surface area contributed by atoms with E-state index in [1.165, 1.54) is 6.39 Å². The first-order valence-electron chi connectivity index (χ1n) is 4.97. The average Bonchev–Trinajstić information content (AvgIpc) is 2.75. The van der Waals surface area contributed by atoms with Crippen LogP contribution in [0.2, 0.25) is 0 Å². The second kappa shape index (κ2) is 6.13. The van der Waals surface area contributed by atoms with Gasteiger partial charge >= 0.3 is 0 Å². The van der Waals surface area contributed by atoms with Crippen LogP contribution in [0.1, 0.15) is 25.6 Å². The first-order valence-corrected chi connectivity index (χ1v) is 4.97. The molecule has 1 aromatic heterocycles. The Morgan fingerprint density at radius 3 is 3.13 bits per heavy atom. The van der Waals surface area contributed by atoms with Crippen LogP contribution < -0.4 is 11.1 Å². The van der Waals surface area contributed by atoms with Crippen LogP contribution in [-0.4, -0.2) is 22.6 Å². The molecule has 1 amide bonds. The Morgan fingerprint density at radius 1 is 1.73 bits per heavy atom. The molecule has 0 aromatic carbocycles. The number of hydrogen-bond acceptors (Lipinski definition) is 5. The fourth-order valence-electron chi connectivity index (χ4n) is 1.17. The smallest absolute Gasteiger partial charge is 0.223 e. The fraction of sp³-hybridized carbons (Fsp3) is 0.667. The zero-order valence-electron chi connectivity index (χ0n) is 8.77. The van der Waals surface area contributed by atoms with Crippen LogP contribution in [0.4, 0.5) is 0 Å². The van der Waals surface area contributed by atoms with Crippen molar-refractivity contribution < 1.29 is 9.32 Å². The van der Waals surface area contributed by atoms with Gasteiger partial charge in [-0.1, -0.05) is 12.1 Å². The minimum Gasteiger partial charge on any atom is -0.348 e. The molecule has 0 bridgehead atoms. The maximum atomic E-state index is 11.5. The van der Waals surface area contributed by atoms with E-state index in [-0.39, 0.29) is 11.8 Å². The van der Waals surface area contributed by atoms with E-state index < -0.39 is 0 Å². The zero-order valence-corrected chi connectivity index (χ0v) is 8.77. The van der Waals surface area contributed by atoms with Gasteiger partial charge in [0.1, 0.15) is 0 Å². The Hall–Kier alpha value is -1.43. The summed E-state index contributed by atoms with van der Waals surface area (Å²) < 4.78 is 4.54. The largest absolute Gasteiger partial charge is 0.348 e. The van der Waals surface area contributed by atoms with Crippen LogP contribution >= 0.6 is 0 Å². The predicted molar refractivity (Wildman–Crippen MR) is 53.6 cm³/mol. The summed E-state index contributed by atoms with van der Waals surface area (Å²) in [6.45, 7) is 2.80. The number of hydrogen-bond donors (Lipinski definition) is 2. The van der Waals surface area contributed by atoms with Crippen molar-refractivity contribution in [2.45, 2.75) is 26.3 Å². The van der Waals surface area contributed by atoms with Gasteiger partial charge in [-0.2, -0.15) is 4.98 Å². The lowest BCUT2D eigenvalue weighted by atomic mass is 10.1. The SMILES string of the molecule is CC(CCCN)C(=O)NCc1ncon1. The highest BCUT2D eigenvalue weighted by molar-refractivity contribution is 5.78. The third kappa shape index (κ3) is 4.07. The lowest BCUT2D eigenvalue weighted by Crippen LogP contribution is -2.29. The molecule has 0 radical (unpaired) electrons. The summed E-state index contributed by atoms with van der Waals surface area (Å²) in [5.41, 5.74) is 5.36. The highest BCUT2D eigenvalue weighted by atomic mass is 16.5. The minimum atomic E-state index is -0.0274. The van der Waals surface area contributed by atoms with E-state index in [1.54, 1.807) is 0 Å². The second-order valence-corrected chi connectivity index (χ2v) is 3.40. The van der Waals surface area contributed by atoms with E-state index in [9.17, 15) is 4.79 Å². The third-order valence-electron chi connectivity index (χ3n) is 2.12. The molecular weight excluding hydrogens is 196 g/mol. The van der Waals surface area contributed by atoms with Gasteiger partial charge in [-0.3, -0.25) is 4.79 Å². The van der Waals surface area contributed by atoms with Crippen molar-refractivity contribution in [1.29, 1.82) is 0 Å². The predicted octanol–water partition coefficient (Wildman–Crippen LogP) is 0.0608. The van der Waals surface area contributed by atoms with Crippen LogP contribution in [0.5, 0.6) is 0 Å². The Morgan fingerprint density at radius 2 is 2.53 bits per heavy atom. The van der Waals surface area contributed by atoms with E-state index in [2.05, 4.69) is 20.0 Å². The van der Waals surface area contributed by atoms with Crippen molar-refractivity contribution >= 4 is 5.91 Å². The molecule has 0 saturated heterocycles. The molecular formula is C9H16N4O2. The first-order chi connectivity index (χ1) is 7.24. The molecule has 0 fully saturated rings. The first kappa shape index (κ1) is 11.6. The number of nitrogens with zero attached hydrogens (tertiary/aromatic N) is 2. The molecule has 1 rings (SSSR count). The summed E-state index contributed by atoms with van der Waals surface area (Å²) in [4.78, 5) is 15.3. The van der Waals surface area contributed by atoms with Crippen molar-refractivity contribution in [3.05, 3.63) is 12.2 Å². The number of nitrogens with one attached hydrogen (secondary N) is 1. The topological polar surface area (TPSA) is 94.0 Å². The average molecular weight is 212 g/mol. The van der Waals surface area contributed by atoms with Gasteiger partial charge in [0.25, 0.3) is 0 Å². The lowest BCUT2D eigenvalue weighted by molar-refractivity contribution is -0.124. The van der Waals surface area contributed by atoms with Gasteiger partial charge in [0.2, 0.25) is 12.3 Å². The van der Waals surface area contributed by atoms with Crippen LogP contribution in [0.3, 0.4) is 0 Å². The third-order valence-corrected chi connectivity index (χ3v) is 2.12. The molecule has 0 aliphatic rings. The van der Waals surface area contributed by atoms with E-state index in [1.807, 2.05) is 6.92 Å². The van der Waals surface area contributed by atoms with Gasteiger partial charge in [-0.05, 0) is 19.4 Å². The molecule has 0 saturated carbocycles. The number of amides is 1. The molecule has 0 aliphatic heterocycles. The van der Waals surface area contributed by atoms with Gasteiger partial charge in [-0.25, -0.2) is 0 Å². The Balaban J connectivity index is 2.23.